The Morgan fingerprint density at radius 2 is 1.54 bits per heavy atom. The summed E-state index contributed by atoms with van der Waals surface area (Å²) in [7, 11) is -0.599. The Kier molecular flexibility index (Phi) is 5.60. The lowest BCUT2D eigenvalue weighted by Crippen LogP contribution is -2.18. The van der Waals surface area contributed by atoms with Crippen LogP contribution in [0.3, 0.4) is 0 Å². The first kappa shape index (κ1) is 19.8. The number of aromatic nitrogens is 1. The summed E-state index contributed by atoms with van der Waals surface area (Å²) in [6.07, 6.45) is 1.51. The number of rotatable bonds is 7. The van der Waals surface area contributed by atoms with E-state index < -0.39 is 7.82 Å². The van der Waals surface area contributed by atoms with Crippen LogP contribution in [0.1, 0.15) is 0 Å². The second kappa shape index (κ2) is 7.93. The molecule has 0 saturated heterocycles. The quantitative estimate of drug-likeness (QED) is 0.544. The van der Waals surface area contributed by atoms with Crippen molar-refractivity contribution in [3.63, 3.8) is 0 Å². The number of phosphoric acid groups is 1. The Hall–Kier alpha value is -3.00. The van der Waals surface area contributed by atoms with Crippen molar-refractivity contribution in [2.24, 2.45) is 0 Å². The normalized spacial score (nSPS) is 11.2. The van der Waals surface area contributed by atoms with Crippen molar-refractivity contribution in [2.45, 2.75) is 0 Å². The number of ether oxygens (including phenoxy) is 3. The molecule has 3 rings (SSSR count). The van der Waals surface area contributed by atoms with Crippen molar-refractivity contribution in [3.05, 3.63) is 42.6 Å². The zero-order valence-corrected chi connectivity index (χ0v) is 16.1. The third kappa shape index (κ3) is 4.12. The summed E-state index contributed by atoms with van der Waals surface area (Å²) in [6.45, 7) is 0. The van der Waals surface area contributed by atoms with Crippen molar-refractivity contribution >= 4 is 7.82 Å². The number of nitrogens with zero attached hydrogens (tertiary/aromatic N) is 1. The van der Waals surface area contributed by atoms with Crippen LogP contribution in [0.15, 0.2) is 47.1 Å². The predicted molar refractivity (Wildman–Crippen MR) is 95.3 cm³/mol. The van der Waals surface area contributed by atoms with E-state index >= 15 is 0 Å². The molecule has 0 radical (unpaired) electrons. The highest BCUT2D eigenvalue weighted by molar-refractivity contribution is 7.43. The first-order valence-corrected chi connectivity index (χ1v) is 9.39. The monoisotopic (exact) mass is 405 g/mol. The summed E-state index contributed by atoms with van der Waals surface area (Å²) in [4.78, 5) is 21.4. The van der Waals surface area contributed by atoms with Gasteiger partial charge in [-0.25, -0.2) is 0 Å². The van der Waals surface area contributed by atoms with Crippen LogP contribution in [-0.2, 0) is 4.57 Å². The molecule has 148 valence electrons. The van der Waals surface area contributed by atoms with Gasteiger partial charge in [0, 0.05) is 11.1 Å². The second-order valence-corrected chi connectivity index (χ2v) is 6.62. The Bertz CT molecular complexity index is 984. The zero-order valence-electron chi connectivity index (χ0n) is 15.2. The Morgan fingerprint density at radius 1 is 0.929 bits per heavy atom. The van der Waals surface area contributed by atoms with E-state index in [-0.39, 0.29) is 5.75 Å². The molecular formula is C18H16NO8P-2. The predicted octanol–water partition coefficient (Wildman–Crippen LogP) is 2.24. The molecule has 0 aliphatic rings. The van der Waals surface area contributed by atoms with E-state index in [1.807, 2.05) is 0 Å². The molecule has 2 aromatic carbocycles. The average Bonchev–Trinajstić information content (AvgIpc) is 3.15. The van der Waals surface area contributed by atoms with Crippen molar-refractivity contribution in [2.75, 3.05) is 21.3 Å². The van der Waals surface area contributed by atoms with Crippen molar-refractivity contribution in [1.82, 2.24) is 5.16 Å². The van der Waals surface area contributed by atoms with Gasteiger partial charge in [0.2, 0.25) is 5.75 Å². The van der Waals surface area contributed by atoms with Gasteiger partial charge in [-0.2, -0.15) is 0 Å². The van der Waals surface area contributed by atoms with E-state index in [9.17, 15) is 14.4 Å². The molecule has 10 heteroatoms. The maximum atomic E-state index is 10.7. The van der Waals surface area contributed by atoms with Crippen LogP contribution < -0.4 is 28.5 Å². The number of hydrogen-bond acceptors (Lipinski definition) is 9. The van der Waals surface area contributed by atoms with Gasteiger partial charge in [-0.05, 0) is 29.8 Å². The van der Waals surface area contributed by atoms with Gasteiger partial charge >= 0.3 is 0 Å². The molecule has 0 aliphatic heterocycles. The minimum absolute atomic E-state index is 0.0807. The summed E-state index contributed by atoms with van der Waals surface area (Å²) >= 11 is 0. The van der Waals surface area contributed by atoms with Crippen molar-refractivity contribution in [1.29, 1.82) is 0 Å². The van der Waals surface area contributed by atoms with Gasteiger partial charge in [0.1, 0.15) is 13.6 Å². The van der Waals surface area contributed by atoms with Gasteiger partial charge in [0.05, 0.1) is 27.5 Å². The van der Waals surface area contributed by atoms with Crippen molar-refractivity contribution in [3.8, 4) is 45.4 Å². The summed E-state index contributed by atoms with van der Waals surface area (Å²) in [6, 6.07) is 9.33. The van der Waals surface area contributed by atoms with E-state index in [1.54, 1.807) is 24.3 Å². The number of methoxy groups -OCH3 is 3. The van der Waals surface area contributed by atoms with E-state index in [0.717, 1.165) is 0 Å². The highest BCUT2D eigenvalue weighted by atomic mass is 31.2. The molecule has 0 spiro atoms. The van der Waals surface area contributed by atoms with E-state index in [0.29, 0.717) is 39.7 Å². The van der Waals surface area contributed by atoms with Crippen LogP contribution >= 0.6 is 7.82 Å². The molecule has 0 aliphatic carbocycles. The molecule has 0 bridgehead atoms. The highest BCUT2D eigenvalue weighted by Crippen LogP contribution is 2.43. The van der Waals surface area contributed by atoms with Crippen LogP contribution in [-0.4, -0.2) is 26.5 Å². The van der Waals surface area contributed by atoms with Crippen LogP contribution in [0.5, 0.6) is 23.0 Å². The SMILES string of the molecule is COc1cc(-c2oncc2-c2ccc(OP(=O)([O-])[O-])cc2)cc(OC)c1OC. The molecule has 1 aromatic heterocycles. The zero-order chi connectivity index (χ0) is 20.3. The van der Waals surface area contributed by atoms with Crippen LogP contribution in [0, 0.1) is 0 Å². The fourth-order valence-corrected chi connectivity index (χ4v) is 3.07. The Morgan fingerprint density at radius 3 is 2.04 bits per heavy atom. The second-order valence-electron chi connectivity index (χ2n) is 5.55. The molecule has 0 unspecified atom stereocenters. The van der Waals surface area contributed by atoms with Gasteiger partial charge in [-0.3, -0.25) is 0 Å². The standard InChI is InChI=1S/C18H18NO8P/c1-23-15-8-12(9-16(24-2)18(15)25-3)17-14(10-19-26-17)11-4-6-13(7-5-11)27-28(20,21)22/h4-10H,1-3H3,(H2,20,21,22)/p-2. The molecule has 9 nitrogen and oxygen atoms in total. The molecule has 0 amide bonds. The van der Waals surface area contributed by atoms with E-state index in [1.165, 1.54) is 39.7 Å². The maximum Gasteiger partial charge on any atom is 0.203 e. The lowest BCUT2D eigenvalue weighted by atomic mass is 10.0. The third-order valence-electron chi connectivity index (χ3n) is 3.88. The Balaban J connectivity index is 2.02. The largest absolute Gasteiger partial charge is 0.780 e. The van der Waals surface area contributed by atoms with E-state index in [2.05, 4.69) is 9.68 Å². The number of phosphoric ester groups is 1. The first-order valence-electron chi connectivity index (χ1n) is 7.93. The average molecular weight is 405 g/mol. The fraction of sp³-hybridized carbons (Fsp3) is 0.167. The van der Waals surface area contributed by atoms with Gasteiger partial charge in [0.15, 0.2) is 17.3 Å². The molecule has 28 heavy (non-hydrogen) atoms. The van der Waals surface area contributed by atoms with Gasteiger partial charge in [-0.15, -0.1) is 0 Å². The number of benzene rings is 2. The minimum atomic E-state index is -5.12. The lowest BCUT2D eigenvalue weighted by Gasteiger charge is -2.28. The summed E-state index contributed by atoms with van der Waals surface area (Å²) < 4.78 is 36.5. The fourth-order valence-electron chi connectivity index (χ4n) is 2.69. The molecule has 3 aromatic rings. The van der Waals surface area contributed by atoms with Crippen LogP contribution in [0.4, 0.5) is 0 Å². The van der Waals surface area contributed by atoms with Gasteiger partial charge in [0.25, 0.3) is 0 Å². The van der Waals surface area contributed by atoms with E-state index in [4.69, 9.17) is 18.7 Å². The molecular weight excluding hydrogens is 389 g/mol. The first-order chi connectivity index (χ1) is 13.4. The molecule has 0 fully saturated rings. The number of hydrogen-bond donors (Lipinski definition) is 0. The maximum absolute atomic E-state index is 10.7. The molecule has 0 N–H and O–H groups in total. The summed E-state index contributed by atoms with van der Waals surface area (Å²) in [5, 5.41) is 3.85. The lowest BCUT2D eigenvalue weighted by molar-refractivity contribution is -0.333. The topological polar surface area (TPSA) is 126 Å². The summed E-state index contributed by atoms with van der Waals surface area (Å²) in [5.74, 6) is 1.69. The third-order valence-corrected chi connectivity index (χ3v) is 4.31. The Labute approximate surface area is 160 Å². The molecule has 1 heterocycles. The van der Waals surface area contributed by atoms with Gasteiger partial charge < -0.3 is 37.6 Å². The smallest absolute Gasteiger partial charge is 0.203 e. The van der Waals surface area contributed by atoms with Crippen molar-refractivity contribution < 1.29 is 37.6 Å². The molecule has 0 atom stereocenters. The van der Waals surface area contributed by atoms with Crippen LogP contribution in [0.2, 0.25) is 0 Å². The highest BCUT2D eigenvalue weighted by Gasteiger charge is 2.19. The summed E-state index contributed by atoms with van der Waals surface area (Å²) in [5.41, 5.74) is 1.93. The minimum Gasteiger partial charge on any atom is -0.780 e. The van der Waals surface area contributed by atoms with Gasteiger partial charge in [-0.1, -0.05) is 17.3 Å². The van der Waals surface area contributed by atoms with Crippen LogP contribution in [0.25, 0.3) is 22.5 Å². The molecule has 0 saturated carbocycles.